The molecule has 1 unspecified atom stereocenters. The summed E-state index contributed by atoms with van der Waals surface area (Å²) in [5, 5.41) is 0. The van der Waals surface area contributed by atoms with E-state index in [9.17, 15) is 4.79 Å². The third-order valence-electron chi connectivity index (χ3n) is 5.05. The predicted octanol–water partition coefficient (Wildman–Crippen LogP) is 7.72. The maximum atomic E-state index is 11.5. The van der Waals surface area contributed by atoms with E-state index in [4.69, 9.17) is 0 Å². The summed E-state index contributed by atoms with van der Waals surface area (Å²) in [4.78, 5) is 11.5. The summed E-state index contributed by atoms with van der Waals surface area (Å²) < 4.78 is 0. The van der Waals surface area contributed by atoms with Crippen molar-refractivity contribution in [3.05, 3.63) is 0 Å². The Labute approximate surface area is 147 Å². The summed E-state index contributed by atoms with van der Waals surface area (Å²) in [5.74, 6) is 1.62. The van der Waals surface area contributed by atoms with Gasteiger partial charge in [0.05, 0.1) is 0 Å². The van der Waals surface area contributed by atoms with Crippen molar-refractivity contribution in [2.24, 2.45) is 11.8 Å². The zero-order chi connectivity index (χ0) is 17.3. The molecule has 0 aliphatic rings. The number of Topliss-reactive ketones (excluding diaryl/α,β-unsaturated/α-hetero) is 1. The van der Waals surface area contributed by atoms with Crippen molar-refractivity contribution < 1.29 is 4.79 Å². The average molecular weight is 325 g/mol. The molecule has 0 radical (unpaired) electrons. The van der Waals surface area contributed by atoms with Crippen molar-refractivity contribution >= 4 is 5.78 Å². The highest BCUT2D eigenvalue weighted by Crippen LogP contribution is 2.18. The Kier molecular flexibility index (Phi) is 16.3. The second-order valence-electron chi connectivity index (χ2n) is 7.96. The lowest BCUT2D eigenvalue weighted by Crippen LogP contribution is -2.10. The SMILES string of the molecule is CCCC(CCCCCCCCCCCCCC(C)C)C(C)=O. The Balaban J connectivity index is 3.23. The van der Waals surface area contributed by atoms with Crippen LogP contribution in [-0.4, -0.2) is 5.78 Å². The molecule has 0 spiro atoms. The van der Waals surface area contributed by atoms with Crippen LogP contribution in [0.1, 0.15) is 124 Å². The van der Waals surface area contributed by atoms with E-state index in [0.717, 1.165) is 25.2 Å². The van der Waals surface area contributed by atoms with E-state index in [-0.39, 0.29) is 0 Å². The molecule has 0 bridgehead atoms. The van der Waals surface area contributed by atoms with Crippen molar-refractivity contribution in [2.45, 2.75) is 124 Å². The van der Waals surface area contributed by atoms with Crippen LogP contribution >= 0.6 is 0 Å². The Bertz CT molecular complexity index is 257. The Morgan fingerprint density at radius 1 is 0.652 bits per heavy atom. The molecule has 0 amide bonds. The molecular weight excluding hydrogens is 280 g/mol. The zero-order valence-corrected chi connectivity index (χ0v) is 16.7. The zero-order valence-electron chi connectivity index (χ0n) is 16.7. The minimum absolute atomic E-state index is 0.343. The van der Waals surface area contributed by atoms with Gasteiger partial charge in [0.1, 0.15) is 5.78 Å². The van der Waals surface area contributed by atoms with E-state index < -0.39 is 0 Å². The van der Waals surface area contributed by atoms with Crippen LogP contribution in [-0.2, 0) is 4.79 Å². The molecule has 0 aromatic heterocycles. The van der Waals surface area contributed by atoms with Gasteiger partial charge in [0.15, 0.2) is 0 Å². The molecule has 0 aliphatic heterocycles. The summed E-state index contributed by atoms with van der Waals surface area (Å²) in [6.45, 7) is 8.59. The van der Waals surface area contributed by atoms with Crippen LogP contribution in [0.4, 0.5) is 0 Å². The normalized spacial score (nSPS) is 12.7. The quantitative estimate of drug-likeness (QED) is 0.250. The second-order valence-corrected chi connectivity index (χ2v) is 7.96. The molecule has 1 nitrogen and oxygen atoms in total. The van der Waals surface area contributed by atoms with Crippen LogP contribution in [0, 0.1) is 11.8 Å². The van der Waals surface area contributed by atoms with E-state index in [1.807, 2.05) is 0 Å². The molecule has 0 rings (SSSR count). The number of carbonyl (C=O) groups excluding carboxylic acids is 1. The van der Waals surface area contributed by atoms with Gasteiger partial charge in [-0.2, -0.15) is 0 Å². The number of rotatable bonds is 17. The lowest BCUT2D eigenvalue weighted by molar-refractivity contribution is -0.121. The minimum Gasteiger partial charge on any atom is -0.300 e. The Hall–Kier alpha value is -0.330. The summed E-state index contributed by atoms with van der Waals surface area (Å²) >= 11 is 0. The van der Waals surface area contributed by atoms with Gasteiger partial charge in [0.25, 0.3) is 0 Å². The van der Waals surface area contributed by atoms with Crippen LogP contribution in [0.2, 0.25) is 0 Å². The third-order valence-corrected chi connectivity index (χ3v) is 5.05. The highest BCUT2D eigenvalue weighted by atomic mass is 16.1. The molecule has 23 heavy (non-hydrogen) atoms. The van der Waals surface area contributed by atoms with Gasteiger partial charge in [-0.15, -0.1) is 0 Å². The molecule has 0 heterocycles. The number of carbonyl (C=O) groups is 1. The molecule has 0 aromatic rings. The number of unbranched alkanes of at least 4 members (excludes halogenated alkanes) is 10. The third kappa shape index (κ3) is 16.3. The van der Waals surface area contributed by atoms with Gasteiger partial charge < -0.3 is 0 Å². The second kappa shape index (κ2) is 16.5. The van der Waals surface area contributed by atoms with Crippen LogP contribution in [0.15, 0.2) is 0 Å². The van der Waals surface area contributed by atoms with Crippen molar-refractivity contribution in [2.75, 3.05) is 0 Å². The number of ketones is 1. The van der Waals surface area contributed by atoms with Crippen LogP contribution in [0.25, 0.3) is 0 Å². The van der Waals surface area contributed by atoms with Crippen LogP contribution < -0.4 is 0 Å². The van der Waals surface area contributed by atoms with Gasteiger partial charge in [0.2, 0.25) is 0 Å². The van der Waals surface area contributed by atoms with Gasteiger partial charge in [-0.1, -0.05) is 104 Å². The number of hydrogen-bond donors (Lipinski definition) is 0. The maximum Gasteiger partial charge on any atom is 0.132 e. The average Bonchev–Trinajstić information content (AvgIpc) is 2.50. The summed E-state index contributed by atoms with van der Waals surface area (Å²) in [6.07, 6.45) is 20.1. The molecule has 0 saturated carbocycles. The fourth-order valence-corrected chi connectivity index (χ4v) is 3.43. The van der Waals surface area contributed by atoms with Crippen molar-refractivity contribution in [1.82, 2.24) is 0 Å². The van der Waals surface area contributed by atoms with Gasteiger partial charge in [-0.25, -0.2) is 0 Å². The largest absolute Gasteiger partial charge is 0.300 e. The topological polar surface area (TPSA) is 17.1 Å². The van der Waals surface area contributed by atoms with E-state index in [2.05, 4.69) is 20.8 Å². The smallest absolute Gasteiger partial charge is 0.132 e. The Morgan fingerprint density at radius 3 is 1.39 bits per heavy atom. The lowest BCUT2D eigenvalue weighted by Gasteiger charge is -2.12. The first-order valence-corrected chi connectivity index (χ1v) is 10.6. The summed E-state index contributed by atoms with van der Waals surface area (Å²) in [5.41, 5.74) is 0. The highest BCUT2D eigenvalue weighted by molar-refractivity contribution is 5.78. The van der Waals surface area contributed by atoms with E-state index in [0.29, 0.717) is 11.7 Å². The lowest BCUT2D eigenvalue weighted by atomic mass is 9.93. The molecule has 1 heteroatoms. The molecule has 1 atom stereocenters. The molecule has 138 valence electrons. The molecule has 0 saturated heterocycles. The monoisotopic (exact) mass is 324 g/mol. The summed E-state index contributed by atoms with van der Waals surface area (Å²) in [6, 6.07) is 0. The minimum atomic E-state index is 0.343. The maximum absolute atomic E-state index is 11.5. The fraction of sp³-hybridized carbons (Fsp3) is 0.955. The van der Waals surface area contributed by atoms with E-state index in [1.165, 1.54) is 77.0 Å². The highest BCUT2D eigenvalue weighted by Gasteiger charge is 2.11. The number of hydrogen-bond acceptors (Lipinski definition) is 1. The molecule has 0 N–H and O–H groups in total. The standard InChI is InChI=1S/C22H44O/c1-5-17-22(21(4)23)19-16-14-12-10-8-6-7-9-11-13-15-18-20(2)3/h20,22H,5-19H2,1-4H3. The van der Waals surface area contributed by atoms with Gasteiger partial charge in [-0.05, 0) is 25.7 Å². The first-order valence-electron chi connectivity index (χ1n) is 10.6. The first-order chi connectivity index (χ1) is 11.1. The predicted molar refractivity (Wildman–Crippen MR) is 104 cm³/mol. The molecule has 0 aliphatic carbocycles. The van der Waals surface area contributed by atoms with E-state index in [1.54, 1.807) is 6.92 Å². The molecule has 0 fully saturated rings. The summed E-state index contributed by atoms with van der Waals surface area (Å²) in [7, 11) is 0. The van der Waals surface area contributed by atoms with Crippen LogP contribution in [0.5, 0.6) is 0 Å². The van der Waals surface area contributed by atoms with Gasteiger partial charge >= 0.3 is 0 Å². The first kappa shape index (κ1) is 22.7. The molecule has 0 aromatic carbocycles. The van der Waals surface area contributed by atoms with Crippen molar-refractivity contribution in [3.8, 4) is 0 Å². The van der Waals surface area contributed by atoms with E-state index >= 15 is 0 Å². The Morgan fingerprint density at radius 2 is 1.04 bits per heavy atom. The fourth-order valence-electron chi connectivity index (χ4n) is 3.43. The molecular formula is C22H44O. The van der Waals surface area contributed by atoms with Crippen molar-refractivity contribution in [3.63, 3.8) is 0 Å². The van der Waals surface area contributed by atoms with Crippen LogP contribution in [0.3, 0.4) is 0 Å². The van der Waals surface area contributed by atoms with Crippen molar-refractivity contribution in [1.29, 1.82) is 0 Å². The van der Waals surface area contributed by atoms with Gasteiger partial charge in [0, 0.05) is 5.92 Å². The van der Waals surface area contributed by atoms with Gasteiger partial charge in [-0.3, -0.25) is 4.79 Å².